The molecule has 1 heterocycles. The number of amides is 1. The van der Waals surface area contributed by atoms with Gasteiger partial charge in [-0.2, -0.15) is 0 Å². The summed E-state index contributed by atoms with van der Waals surface area (Å²) in [6.45, 7) is 3.83. The molecule has 0 atom stereocenters. The van der Waals surface area contributed by atoms with Crippen LogP contribution in [-0.2, 0) is 4.79 Å². The molecule has 22 heavy (non-hydrogen) atoms. The van der Waals surface area contributed by atoms with Crippen molar-refractivity contribution < 1.29 is 14.5 Å². The molecule has 0 radical (unpaired) electrons. The lowest BCUT2D eigenvalue weighted by molar-refractivity contribution is -0.384. The summed E-state index contributed by atoms with van der Waals surface area (Å²) >= 11 is 0. The number of benzene rings is 1. The molecule has 0 aliphatic carbocycles. The largest absolute Gasteiger partial charge is 0.495 e. The highest BCUT2D eigenvalue weighted by Gasteiger charge is 2.20. The summed E-state index contributed by atoms with van der Waals surface area (Å²) in [5.74, 6) is 1.14. The maximum absolute atomic E-state index is 12.2. The maximum atomic E-state index is 12.2. The zero-order valence-corrected chi connectivity index (χ0v) is 12.9. The molecule has 0 spiro atoms. The summed E-state index contributed by atoms with van der Waals surface area (Å²) in [5.41, 5.74) is 0.415. The van der Waals surface area contributed by atoms with E-state index in [1.807, 2.05) is 4.90 Å². The van der Waals surface area contributed by atoms with E-state index in [0.29, 0.717) is 17.4 Å². The number of piperidine rings is 1. The highest BCUT2D eigenvalue weighted by molar-refractivity contribution is 5.81. The molecule has 1 aliphatic rings. The first-order valence-corrected chi connectivity index (χ1v) is 7.35. The van der Waals surface area contributed by atoms with E-state index in [2.05, 4.69) is 12.2 Å². The van der Waals surface area contributed by atoms with Crippen molar-refractivity contribution >= 4 is 17.3 Å². The molecule has 1 aromatic carbocycles. The Bertz CT molecular complexity index is 554. The third-order valence-corrected chi connectivity index (χ3v) is 3.96. The third kappa shape index (κ3) is 3.87. The summed E-state index contributed by atoms with van der Waals surface area (Å²) in [4.78, 5) is 24.4. The standard InChI is InChI=1S/C15H21N3O4/c1-11-5-7-17(8-6-11)15(19)10-16-13-9-12(18(20)21)3-4-14(13)22-2/h3-4,9,11,16H,5-8,10H2,1-2H3. The lowest BCUT2D eigenvalue weighted by Crippen LogP contribution is -2.40. The highest BCUT2D eigenvalue weighted by atomic mass is 16.6. The van der Waals surface area contributed by atoms with Crippen molar-refractivity contribution in [3.63, 3.8) is 0 Å². The predicted molar refractivity (Wildman–Crippen MR) is 83.1 cm³/mol. The Morgan fingerprint density at radius 2 is 2.14 bits per heavy atom. The number of nitro benzene ring substituents is 1. The first kappa shape index (κ1) is 16.1. The van der Waals surface area contributed by atoms with Crippen LogP contribution in [0.5, 0.6) is 5.75 Å². The Morgan fingerprint density at radius 1 is 1.45 bits per heavy atom. The number of carbonyl (C=O) groups excluding carboxylic acids is 1. The third-order valence-electron chi connectivity index (χ3n) is 3.96. The van der Waals surface area contributed by atoms with Gasteiger partial charge in [-0.1, -0.05) is 6.92 Å². The fraction of sp³-hybridized carbons (Fsp3) is 0.533. The number of likely N-dealkylation sites (tertiary alicyclic amines) is 1. The number of rotatable bonds is 5. The molecule has 7 nitrogen and oxygen atoms in total. The average Bonchev–Trinajstić information content (AvgIpc) is 2.52. The summed E-state index contributed by atoms with van der Waals surface area (Å²) in [6, 6.07) is 4.27. The number of nitrogens with zero attached hydrogens (tertiary/aromatic N) is 2. The van der Waals surface area contributed by atoms with Gasteiger partial charge in [0, 0.05) is 25.2 Å². The monoisotopic (exact) mass is 307 g/mol. The molecule has 0 aromatic heterocycles. The van der Waals surface area contributed by atoms with Gasteiger partial charge in [0.25, 0.3) is 5.69 Å². The summed E-state index contributed by atoms with van der Waals surface area (Å²) in [5, 5.41) is 13.8. The molecule has 0 unspecified atom stereocenters. The van der Waals surface area contributed by atoms with Gasteiger partial charge in [-0.05, 0) is 24.8 Å². The number of hydrogen-bond acceptors (Lipinski definition) is 5. The average molecular weight is 307 g/mol. The lowest BCUT2D eigenvalue weighted by Gasteiger charge is -2.30. The number of nitro groups is 1. The Labute approximate surface area is 129 Å². The van der Waals surface area contributed by atoms with E-state index < -0.39 is 4.92 Å². The Morgan fingerprint density at radius 3 is 2.73 bits per heavy atom. The van der Waals surface area contributed by atoms with Gasteiger partial charge in [-0.25, -0.2) is 0 Å². The van der Waals surface area contributed by atoms with Crippen LogP contribution in [0, 0.1) is 16.0 Å². The number of hydrogen-bond donors (Lipinski definition) is 1. The minimum absolute atomic E-state index is 0.000425. The van der Waals surface area contributed by atoms with Crippen LogP contribution in [0.2, 0.25) is 0 Å². The second-order valence-corrected chi connectivity index (χ2v) is 5.56. The van der Waals surface area contributed by atoms with Gasteiger partial charge in [-0.15, -0.1) is 0 Å². The minimum Gasteiger partial charge on any atom is -0.495 e. The molecule has 2 rings (SSSR count). The summed E-state index contributed by atoms with van der Waals surface area (Å²) in [7, 11) is 1.49. The Balaban J connectivity index is 1.99. The molecule has 7 heteroatoms. The molecule has 1 saturated heterocycles. The van der Waals surface area contributed by atoms with Crippen molar-refractivity contribution in [2.45, 2.75) is 19.8 Å². The van der Waals surface area contributed by atoms with Gasteiger partial charge in [0.1, 0.15) is 5.75 Å². The van der Waals surface area contributed by atoms with Crippen molar-refractivity contribution in [1.29, 1.82) is 0 Å². The number of carbonyl (C=O) groups is 1. The second-order valence-electron chi connectivity index (χ2n) is 5.56. The Kier molecular flexibility index (Phi) is 5.19. The molecule has 1 N–H and O–H groups in total. The molecular formula is C15H21N3O4. The predicted octanol–water partition coefficient (Wildman–Crippen LogP) is 2.27. The quantitative estimate of drug-likeness (QED) is 0.666. The van der Waals surface area contributed by atoms with Crippen LogP contribution in [0.4, 0.5) is 11.4 Å². The van der Waals surface area contributed by atoms with E-state index in [0.717, 1.165) is 25.9 Å². The van der Waals surface area contributed by atoms with E-state index in [1.165, 1.54) is 25.3 Å². The van der Waals surface area contributed by atoms with Gasteiger partial charge in [-0.3, -0.25) is 14.9 Å². The zero-order chi connectivity index (χ0) is 16.1. The maximum Gasteiger partial charge on any atom is 0.271 e. The number of nitrogens with one attached hydrogen (secondary N) is 1. The lowest BCUT2D eigenvalue weighted by atomic mass is 9.99. The topological polar surface area (TPSA) is 84.7 Å². The molecule has 1 aromatic rings. The van der Waals surface area contributed by atoms with Crippen LogP contribution in [0.15, 0.2) is 18.2 Å². The van der Waals surface area contributed by atoms with Gasteiger partial charge in [0.2, 0.25) is 5.91 Å². The van der Waals surface area contributed by atoms with Crippen molar-refractivity contribution in [3.05, 3.63) is 28.3 Å². The highest BCUT2D eigenvalue weighted by Crippen LogP contribution is 2.28. The fourth-order valence-electron chi connectivity index (χ4n) is 2.49. The molecule has 1 amide bonds. The number of methoxy groups -OCH3 is 1. The van der Waals surface area contributed by atoms with E-state index >= 15 is 0 Å². The van der Waals surface area contributed by atoms with Crippen molar-refractivity contribution in [2.24, 2.45) is 5.92 Å². The fourth-order valence-corrected chi connectivity index (χ4v) is 2.49. The van der Waals surface area contributed by atoms with E-state index in [1.54, 1.807) is 0 Å². The number of ether oxygens (including phenoxy) is 1. The van der Waals surface area contributed by atoms with Gasteiger partial charge >= 0.3 is 0 Å². The minimum atomic E-state index is -0.474. The number of anilines is 1. The van der Waals surface area contributed by atoms with Crippen LogP contribution in [0.3, 0.4) is 0 Å². The normalized spacial score (nSPS) is 15.5. The molecule has 0 saturated carbocycles. The SMILES string of the molecule is COc1ccc([N+](=O)[O-])cc1NCC(=O)N1CCC(C)CC1. The Hall–Kier alpha value is -2.31. The van der Waals surface area contributed by atoms with Crippen LogP contribution >= 0.6 is 0 Å². The zero-order valence-electron chi connectivity index (χ0n) is 12.9. The smallest absolute Gasteiger partial charge is 0.271 e. The molecule has 120 valence electrons. The van der Waals surface area contributed by atoms with E-state index in [4.69, 9.17) is 4.74 Å². The van der Waals surface area contributed by atoms with E-state index in [-0.39, 0.29) is 18.1 Å². The first-order chi connectivity index (χ1) is 10.5. The first-order valence-electron chi connectivity index (χ1n) is 7.35. The van der Waals surface area contributed by atoms with Gasteiger partial charge in [0.15, 0.2) is 0 Å². The van der Waals surface area contributed by atoms with E-state index in [9.17, 15) is 14.9 Å². The van der Waals surface area contributed by atoms with Crippen LogP contribution in [-0.4, -0.2) is 42.5 Å². The van der Waals surface area contributed by atoms with Gasteiger partial charge < -0.3 is 15.0 Å². The van der Waals surface area contributed by atoms with Crippen LogP contribution < -0.4 is 10.1 Å². The number of non-ortho nitro benzene ring substituents is 1. The van der Waals surface area contributed by atoms with Gasteiger partial charge in [0.05, 0.1) is 24.3 Å². The molecule has 1 fully saturated rings. The molecule has 1 aliphatic heterocycles. The second kappa shape index (κ2) is 7.11. The van der Waals surface area contributed by atoms with Crippen LogP contribution in [0.1, 0.15) is 19.8 Å². The van der Waals surface area contributed by atoms with Crippen molar-refractivity contribution in [1.82, 2.24) is 4.90 Å². The summed E-state index contributed by atoms with van der Waals surface area (Å²) in [6.07, 6.45) is 2.04. The molecule has 0 bridgehead atoms. The summed E-state index contributed by atoms with van der Waals surface area (Å²) < 4.78 is 5.16. The van der Waals surface area contributed by atoms with Crippen molar-refractivity contribution in [2.75, 3.05) is 32.1 Å². The van der Waals surface area contributed by atoms with Crippen molar-refractivity contribution in [3.8, 4) is 5.75 Å². The van der Waals surface area contributed by atoms with Crippen LogP contribution in [0.25, 0.3) is 0 Å². The molecular weight excluding hydrogens is 286 g/mol.